The van der Waals surface area contributed by atoms with E-state index in [0.717, 1.165) is 10.2 Å². The second kappa shape index (κ2) is 6.29. The van der Waals surface area contributed by atoms with Gasteiger partial charge in [-0.15, -0.1) is 0 Å². The highest BCUT2D eigenvalue weighted by Gasteiger charge is 2.22. The molecule has 0 atom stereocenters. The van der Waals surface area contributed by atoms with E-state index in [1.807, 2.05) is 12.1 Å². The van der Waals surface area contributed by atoms with Crippen LogP contribution in [0.3, 0.4) is 0 Å². The second-order valence-corrected chi connectivity index (χ2v) is 6.12. The third kappa shape index (κ3) is 5.14. The topological polar surface area (TPSA) is 53.4 Å². The minimum Gasteiger partial charge on any atom is -0.481 e. The maximum Gasteiger partial charge on any atom is 0.304 e. The molecule has 5 heteroatoms. The molecule has 1 N–H and O–H groups in total. The van der Waals surface area contributed by atoms with Crippen LogP contribution in [0, 0.1) is 0 Å². The normalized spacial score (nSPS) is 11.8. The number of carboxylic acids is 1. The predicted molar refractivity (Wildman–Crippen MR) is 74.4 cm³/mol. The van der Waals surface area contributed by atoms with Crippen LogP contribution in [-0.2, 0) is 11.3 Å². The Bertz CT molecular complexity index is 398. The van der Waals surface area contributed by atoms with E-state index in [-0.39, 0.29) is 12.0 Å². The summed E-state index contributed by atoms with van der Waals surface area (Å²) in [6.07, 6.45) is 1.90. The first-order valence-electron chi connectivity index (χ1n) is 5.86. The molecule has 0 spiro atoms. The van der Waals surface area contributed by atoms with Crippen molar-refractivity contribution in [3.8, 4) is 0 Å². The van der Waals surface area contributed by atoms with Gasteiger partial charge in [0.1, 0.15) is 0 Å². The van der Waals surface area contributed by atoms with Crippen LogP contribution < -0.4 is 0 Å². The van der Waals surface area contributed by atoms with E-state index in [9.17, 15) is 4.79 Å². The predicted octanol–water partition coefficient (Wildman–Crippen LogP) is 2.92. The maximum atomic E-state index is 10.7. The standard InChI is InChI=1S/C13H19BrN2O2/c1-13(2,3)16(7-6-12(17)18)9-11-5-4-10(14)8-15-11/h4-5,8H,6-7,9H2,1-3H3,(H,17,18). The summed E-state index contributed by atoms with van der Waals surface area (Å²) in [7, 11) is 0. The number of nitrogens with zero attached hydrogens (tertiary/aromatic N) is 2. The van der Waals surface area contributed by atoms with Crippen molar-refractivity contribution in [3.63, 3.8) is 0 Å². The molecule has 1 aromatic heterocycles. The summed E-state index contributed by atoms with van der Waals surface area (Å²) in [4.78, 5) is 17.1. The van der Waals surface area contributed by atoms with Crippen LogP contribution in [-0.4, -0.2) is 33.0 Å². The lowest BCUT2D eigenvalue weighted by molar-refractivity contribution is -0.137. The Labute approximate surface area is 116 Å². The zero-order valence-corrected chi connectivity index (χ0v) is 12.6. The number of hydrogen-bond acceptors (Lipinski definition) is 3. The molecule has 1 rings (SSSR count). The molecule has 0 aliphatic rings. The number of aromatic nitrogens is 1. The van der Waals surface area contributed by atoms with E-state index in [0.29, 0.717) is 13.1 Å². The highest BCUT2D eigenvalue weighted by atomic mass is 79.9. The van der Waals surface area contributed by atoms with Crippen LogP contribution in [0.2, 0.25) is 0 Å². The lowest BCUT2D eigenvalue weighted by atomic mass is 10.1. The number of aliphatic carboxylic acids is 1. The Kier molecular flexibility index (Phi) is 5.28. The highest BCUT2D eigenvalue weighted by molar-refractivity contribution is 9.10. The van der Waals surface area contributed by atoms with E-state index >= 15 is 0 Å². The van der Waals surface area contributed by atoms with Crippen molar-refractivity contribution in [2.45, 2.75) is 39.3 Å². The first kappa shape index (κ1) is 15.1. The van der Waals surface area contributed by atoms with Crippen LogP contribution in [0.25, 0.3) is 0 Å². The molecule has 0 aliphatic heterocycles. The van der Waals surface area contributed by atoms with Crippen molar-refractivity contribution < 1.29 is 9.90 Å². The van der Waals surface area contributed by atoms with Gasteiger partial charge in [-0.2, -0.15) is 0 Å². The molecule has 0 bridgehead atoms. The second-order valence-electron chi connectivity index (χ2n) is 5.20. The minimum absolute atomic E-state index is 0.0792. The zero-order chi connectivity index (χ0) is 13.8. The number of hydrogen-bond donors (Lipinski definition) is 1. The molecule has 0 aliphatic carbocycles. The molecule has 0 saturated heterocycles. The molecule has 4 nitrogen and oxygen atoms in total. The SMILES string of the molecule is CC(C)(C)N(CCC(=O)O)Cc1ccc(Br)cn1. The van der Waals surface area contributed by atoms with Crippen molar-refractivity contribution in [3.05, 3.63) is 28.5 Å². The van der Waals surface area contributed by atoms with Gasteiger partial charge < -0.3 is 5.11 Å². The van der Waals surface area contributed by atoms with Gasteiger partial charge in [-0.1, -0.05) is 0 Å². The summed E-state index contributed by atoms with van der Waals surface area (Å²) in [5.74, 6) is -0.770. The highest BCUT2D eigenvalue weighted by Crippen LogP contribution is 2.17. The molecule has 1 aromatic rings. The number of carbonyl (C=O) groups is 1. The van der Waals surface area contributed by atoms with E-state index in [2.05, 4.69) is 46.6 Å². The van der Waals surface area contributed by atoms with E-state index in [4.69, 9.17) is 5.11 Å². The average Bonchev–Trinajstić information content (AvgIpc) is 2.24. The van der Waals surface area contributed by atoms with Crippen LogP contribution in [0.4, 0.5) is 0 Å². The Balaban J connectivity index is 2.72. The Morgan fingerprint density at radius 3 is 2.56 bits per heavy atom. The fourth-order valence-corrected chi connectivity index (χ4v) is 1.81. The Morgan fingerprint density at radius 2 is 2.11 bits per heavy atom. The lowest BCUT2D eigenvalue weighted by Crippen LogP contribution is -2.42. The average molecular weight is 315 g/mol. The minimum atomic E-state index is -0.770. The first-order valence-corrected chi connectivity index (χ1v) is 6.65. The summed E-state index contributed by atoms with van der Waals surface area (Å²) in [6.45, 7) is 7.41. The van der Waals surface area contributed by atoms with E-state index < -0.39 is 5.97 Å². The summed E-state index contributed by atoms with van der Waals surface area (Å²) in [5.41, 5.74) is 0.864. The number of pyridine rings is 1. The quantitative estimate of drug-likeness (QED) is 0.908. The summed E-state index contributed by atoms with van der Waals surface area (Å²) in [5, 5.41) is 8.78. The van der Waals surface area contributed by atoms with Crippen molar-refractivity contribution in [1.29, 1.82) is 0 Å². The van der Waals surface area contributed by atoms with Gasteiger partial charge in [-0.25, -0.2) is 0 Å². The van der Waals surface area contributed by atoms with Crippen molar-refractivity contribution >= 4 is 21.9 Å². The molecule has 100 valence electrons. The van der Waals surface area contributed by atoms with Gasteiger partial charge in [-0.3, -0.25) is 14.7 Å². The first-order chi connectivity index (χ1) is 8.29. The molecular weight excluding hydrogens is 296 g/mol. The summed E-state index contributed by atoms with van der Waals surface area (Å²) in [6, 6.07) is 3.89. The number of carboxylic acid groups (broad SMARTS) is 1. The molecule has 0 amide bonds. The lowest BCUT2D eigenvalue weighted by Gasteiger charge is -2.35. The third-order valence-electron chi connectivity index (χ3n) is 2.69. The molecule has 0 unspecified atom stereocenters. The monoisotopic (exact) mass is 314 g/mol. The number of halogens is 1. The Morgan fingerprint density at radius 1 is 1.44 bits per heavy atom. The maximum absolute atomic E-state index is 10.7. The van der Waals surface area contributed by atoms with E-state index in [1.54, 1.807) is 6.20 Å². The van der Waals surface area contributed by atoms with Crippen LogP contribution in [0.5, 0.6) is 0 Å². The molecule has 18 heavy (non-hydrogen) atoms. The molecule has 0 fully saturated rings. The van der Waals surface area contributed by atoms with Crippen molar-refractivity contribution in [1.82, 2.24) is 9.88 Å². The van der Waals surface area contributed by atoms with Gasteiger partial charge in [0.2, 0.25) is 0 Å². The molecule has 0 saturated carbocycles. The fourth-order valence-electron chi connectivity index (χ4n) is 1.58. The van der Waals surface area contributed by atoms with Gasteiger partial charge in [0, 0.05) is 29.3 Å². The van der Waals surface area contributed by atoms with Crippen molar-refractivity contribution in [2.24, 2.45) is 0 Å². The molecule has 0 radical (unpaired) electrons. The van der Waals surface area contributed by atoms with Gasteiger partial charge in [0.15, 0.2) is 0 Å². The summed E-state index contributed by atoms with van der Waals surface area (Å²) >= 11 is 3.35. The molecule has 1 heterocycles. The number of rotatable bonds is 5. The van der Waals surface area contributed by atoms with Gasteiger partial charge in [0.25, 0.3) is 0 Å². The van der Waals surface area contributed by atoms with Crippen LogP contribution >= 0.6 is 15.9 Å². The van der Waals surface area contributed by atoms with Gasteiger partial charge in [0.05, 0.1) is 12.1 Å². The van der Waals surface area contributed by atoms with E-state index in [1.165, 1.54) is 0 Å². The zero-order valence-electron chi connectivity index (χ0n) is 11.0. The largest absolute Gasteiger partial charge is 0.481 e. The summed E-state index contributed by atoms with van der Waals surface area (Å²) < 4.78 is 0.944. The fraction of sp³-hybridized carbons (Fsp3) is 0.538. The molecule has 0 aromatic carbocycles. The smallest absolute Gasteiger partial charge is 0.304 e. The van der Waals surface area contributed by atoms with Crippen LogP contribution in [0.15, 0.2) is 22.8 Å². The molecular formula is C13H19BrN2O2. The van der Waals surface area contributed by atoms with Crippen molar-refractivity contribution in [2.75, 3.05) is 6.54 Å². The van der Waals surface area contributed by atoms with Crippen LogP contribution in [0.1, 0.15) is 32.9 Å². The van der Waals surface area contributed by atoms with Gasteiger partial charge in [-0.05, 0) is 48.8 Å². The Hall–Kier alpha value is -0.940. The van der Waals surface area contributed by atoms with Gasteiger partial charge >= 0.3 is 5.97 Å². The third-order valence-corrected chi connectivity index (χ3v) is 3.15.